The highest BCUT2D eigenvalue weighted by molar-refractivity contribution is 6.20. The van der Waals surface area contributed by atoms with Gasteiger partial charge in [-0.25, -0.2) is 4.39 Å². The van der Waals surface area contributed by atoms with Crippen LogP contribution in [-0.2, 0) is 16.4 Å². The molecule has 7 heteroatoms. The largest absolute Gasteiger partial charge is 0.481 e. The fraction of sp³-hybridized carbons (Fsp3) is 0.462. The summed E-state index contributed by atoms with van der Waals surface area (Å²) in [5, 5.41) is 8.67. The van der Waals surface area contributed by atoms with Crippen LogP contribution in [0.4, 0.5) is 17.6 Å². The molecular formula is C13H13ClF4O2. The molecule has 0 aromatic heterocycles. The molecule has 1 aromatic carbocycles. The van der Waals surface area contributed by atoms with Gasteiger partial charge in [0, 0.05) is 10.9 Å². The van der Waals surface area contributed by atoms with E-state index >= 15 is 0 Å². The van der Waals surface area contributed by atoms with E-state index in [1.54, 1.807) is 0 Å². The first kappa shape index (κ1) is 16.8. The van der Waals surface area contributed by atoms with Gasteiger partial charge in [-0.1, -0.05) is 6.07 Å². The maximum absolute atomic E-state index is 13.9. The van der Waals surface area contributed by atoms with Gasteiger partial charge in [0.15, 0.2) is 0 Å². The molecule has 0 saturated carbocycles. The van der Waals surface area contributed by atoms with Crippen molar-refractivity contribution in [2.24, 2.45) is 0 Å². The zero-order valence-electron chi connectivity index (χ0n) is 10.8. The second kappa shape index (κ2) is 5.60. The van der Waals surface area contributed by atoms with Crippen LogP contribution in [0.25, 0.3) is 0 Å². The molecule has 2 unspecified atom stereocenters. The van der Waals surface area contributed by atoms with Crippen LogP contribution >= 0.6 is 11.6 Å². The third-order valence-corrected chi connectivity index (χ3v) is 3.21. The zero-order chi connectivity index (χ0) is 15.7. The molecule has 20 heavy (non-hydrogen) atoms. The molecular weight excluding hydrogens is 300 g/mol. The lowest BCUT2D eigenvalue weighted by atomic mass is 9.78. The Morgan fingerprint density at radius 1 is 1.40 bits per heavy atom. The van der Waals surface area contributed by atoms with Gasteiger partial charge in [-0.15, -0.1) is 11.6 Å². The summed E-state index contributed by atoms with van der Waals surface area (Å²) in [4.78, 5) is 11.3. The van der Waals surface area contributed by atoms with Crippen LogP contribution in [0.1, 0.15) is 31.4 Å². The van der Waals surface area contributed by atoms with Crippen LogP contribution in [-0.4, -0.2) is 16.5 Å². The summed E-state index contributed by atoms with van der Waals surface area (Å²) < 4.78 is 51.3. The Labute approximate surface area is 118 Å². The van der Waals surface area contributed by atoms with Gasteiger partial charge in [0.05, 0.1) is 11.0 Å². The number of hydrogen-bond acceptors (Lipinski definition) is 1. The van der Waals surface area contributed by atoms with Crippen molar-refractivity contribution in [1.29, 1.82) is 0 Å². The van der Waals surface area contributed by atoms with Crippen molar-refractivity contribution in [3.8, 4) is 0 Å². The number of carboxylic acid groups (broad SMARTS) is 1. The van der Waals surface area contributed by atoms with Gasteiger partial charge in [0.1, 0.15) is 5.82 Å². The van der Waals surface area contributed by atoms with Crippen molar-refractivity contribution in [2.45, 2.75) is 37.2 Å². The molecule has 2 atom stereocenters. The van der Waals surface area contributed by atoms with Crippen LogP contribution in [0.2, 0.25) is 0 Å². The number of aliphatic carboxylic acids is 1. The Kier molecular flexibility index (Phi) is 4.69. The van der Waals surface area contributed by atoms with Crippen molar-refractivity contribution in [3.05, 3.63) is 35.1 Å². The molecule has 0 spiro atoms. The van der Waals surface area contributed by atoms with Crippen LogP contribution in [0.15, 0.2) is 18.2 Å². The second-order valence-electron chi connectivity index (χ2n) is 4.81. The van der Waals surface area contributed by atoms with E-state index in [1.807, 2.05) is 0 Å². The van der Waals surface area contributed by atoms with Gasteiger partial charge in [-0.2, -0.15) is 13.2 Å². The van der Waals surface area contributed by atoms with E-state index in [-0.39, 0.29) is 12.0 Å². The summed E-state index contributed by atoms with van der Waals surface area (Å²) in [7, 11) is 0. The van der Waals surface area contributed by atoms with Crippen molar-refractivity contribution >= 4 is 17.6 Å². The van der Waals surface area contributed by atoms with Crippen LogP contribution in [0.3, 0.4) is 0 Å². The lowest BCUT2D eigenvalue weighted by molar-refractivity contribution is -0.143. The van der Waals surface area contributed by atoms with E-state index in [1.165, 1.54) is 13.8 Å². The fourth-order valence-corrected chi connectivity index (χ4v) is 2.32. The summed E-state index contributed by atoms with van der Waals surface area (Å²) in [6.07, 6.45) is -4.79. The Hall–Kier alpha value is -1.30. The number of halogens is 5. The minimum Gasteiger partial charge on any atom is -0.481 e. The van der Waals surface area contributed by atoms with E-state index in [9.17, 15) is 27.5 Å². The molecule has 0 saturated heterocycles. The van der Waals surface area contributed by atoms with Gasteiger partial charge in [-0.05, 0) is 32.4 Å². The SMILES string of the molecule is CC(Cl)CC(C)(C(=O)O)c1ccc(C(F)(F)F)cc1F. The summed E-state index contributed by atoms with van der Waals surface area (Å²) in [5.74, 6) is -2.55. The van der Waals surface area contributed by atoms with Gasteiger partial charge in [-0.3, -0.25) is 4.79 Å². The molecule has 0 aliphatic heterocycles. The Morgan fingerprint density at radius 2 is 1.95 bits per heavy atom. The summed E-state index contributed by atoms with van der Waals surface area (Å²) in [5.41, 5.74) is -3.16. The lowest BCUT2D eigenvalue weighted by Crippen LogP contribution is -2.35. The van der Waals surface area contributed by atoms with Crippen LogP contribution in [0, 0.1) is 5.82 Å². The third-order valence-electron chi connectivity index (χ3n) is 3.05. The maximum Gasteiger partial charge on any atom is 0.416 e. The highest BCUT2D eigenvalue weighted by Crippen LogP contribution is 2.36. The summed E-state index contributed by atoms with van der Waals surface area (Å²) in [6.45, 7) is 2.77. The maximum atomic E-state index is 13.9. The first-order valence-electron chi connectivity index (χ1n) is 5.73. The lowest BCUT2D eigenvalue weighted by Gasteiger charge is -2.27. The smallest absolute Gasteiger partial charge is 0.416 e. The Morgan fingerprint density at radius 3 is 2.30 bits per heavy atom. The zero-order valence-corrected chi connectivity index (χ0v) is 11.5. The molecule has 0 amide bonds. The number of carbonyl (C=O) groups is 1. The van der Waals surface area contributed by atoms with Crippen molar-refractivity contribution in [1.82, 2.24) is 0 Å². The normalized spacial score (nSPS) is 16.6. The highest BCUT2D eigenvalue weighted by Gasteiger charge is 2.40. The first-order valence-corrected chi connectivity index (χ1v) is 6.17. The van der Waals surface area contributed by atoms with E-state index in [4.69, 9.17) is 11.6 Å². The monoisotopic (exact) mass is 312 g/mol. The molecule has 0 radical (unpaired) electrons. The summed E-state index contributed by atoms with van der Waals surface area (Å²) in [6, 6.07) is 1.82. The minimum absolute atomic E-state index is 0.105. The van der Waals surface area contributed by atoms with E-state index in [2.05, 4.69) is 0 Å². The van der Waals surface area contributed by atoms with Crippen molar-refractivity contribution < 1.29 is 27.5 Å². The third kappa shape index (κ3) is 3.42. The number of alkyl halides is 4. The van der Waals surface area contributed by atoms with Crippen LogP contribution in [0.5, 0.6) is 0 Å². The standard InChI is InChI=1S/C13H13ClF4O2/c1-7(14)6-12(2,11(19)20)9-4-3-8(5-10(9)15)13(16,17)18/h3-5,7H,6H2,1-2H3,(H,19,20). The molecule has 0 aliphatic carbocycles. The number of benzene rings is 1. The van der Waals surface area contributed by atoms with Crippen LogP contribution < -0.4 is 0 Å². The molecule has 0 heterocycles. The molecule has 0 bridgehead atoms. The highest BCUT2D eigenvalue weighted by atomic mass is 35.5. The summed E-state index contributed by atoms with van der Waals surface area (Å²) >= 11 is 5.75. The number of carboxylic acids is 1. The first-order chi connectivity index (χ1) is 8.98. The Bertz CT molecular complexity index is 514. The van der Waals surface area contributed by atoms with Gasteiger partial charge in [0.25, 0.3) is 0 Å². The Balaban J connectivity index is 3.33. The molecule has 1 N–H and O–H groups in total. The van der Waals surface area contributed by atoms with E-state index < -0.39 is 34.3 Å². The van der Waals surface area contributed by atoms with E-state index in [0.717, 1.165) is 6.07 Å². The van der Waals surface area contributed by atoms with Crippen molar-refractivity contribution in [2.75, 3.05) is 0 Å². The average molecular weight is 313 g/mol. The fourth-order valence-electron chi connectivity index (χ4n) is 2.01. The molecule has 2 nitrogen and oxygen atoms in total. The molecule has 1 rings (SSSR count). The molecule has 0 fully saturated rings. The average Bonchev–Trinajstić information content (AvgIpc) is 2.25. The predicted octanol–water partition coefficient (Wildman–Crippen LogP) is 4.20. The van der Waals surface area contributed by atoms with Gasteiger partial charge >= 0.3 is 12.1 Å². The van der Waals surface area contributed by atoms with Gasteiger partial charge < -0.3 is 5.11 Å². The quantitative estimate of drug-likeness (QED) is 0.668. The van der Waals surface area contributed by atoms with Gasteiger partial charge in [0.2, 0.25) is 0 Å². The molecule has 1 aromatic rings. The molecule has 112 valence electrons. The topological polar surface area (TPSA) is 37.3 Å². The minimum atomic E-state index is -4.68. The van der Waals surface area contributed by atoms with Crippen molar-refractivity contribution in [3.63, 3.8) is 0 Å². The number of rotatable bonds is 4. The van der Waals surface area contributed by atoms with E-state index in [0.29, 0.717) is 12.1 Å². The second-order valence-corrected chi connectivity index (χ2v) is 5.56. The predicted molar refractivity (Wildman–Crippen MR) is 66.3 cm³/mol. The number of hydrogen-bond donors (Lipinski definition) is 1. The molecule has 0 aliphatic rings.